The normalized spacial score (nSPS) is 24.5. The number of carboxylic acid groups (broad SMARTS) is 1. The number of aliphatic carboxylic acids is 1. The van der Waals surface area contributed by atoms with Crippen molar-refractivity contribution in [1.82, 2.24) is 57.7 Å². The fraction of sp³-hybridized carbons (Fsp3) is 0.781. The van der Waals surface area contributed by atoms with Crippen LogP contribution in [0.25, 0.3) is 0 Å². The number of carbonyl (C=O) groups excluding carboxylic acids is 15. The number of piperidine rings is 1. The van der Waals surface area contributed by atoms with E-state index in [1.165, 1.54) is 34.6 Å². The molecule has 0 spiro atoms. The van der Waals surface area contributed by atoms with Crippen LogP contribution in [0.1, 0.15) is 179 Å². The van der Waals surface area contributed by atoms with Gasteiger partial charge in [-0.2, -0.15) is 0 Å². The lowest BCUT2D eigenvalue weighted by molar-refractivity contribution is -0.168. The minimum Gasteiger partial charge on any atom is -0.481 e. The van der Waals surface area contributed by atoms with Gasteiger partial charge in [-0.1, -0.05) is 89.0 Å². The van der Waals surface area contributed by atoms with Gasteiger partial charge in [-0.05, 0) is 120 Å². The highest BCUT2D eigenvalue weighted by molar-refractivity contribution is 6.00. The summed E-state index contributed by atoms with van der Waals surface area (Å²) >= 11 is 0. The molecule has 14 amide bonds. The average Bonchev–Trinajstić information content (AvgIpc) is 0.807. The summed E-state index contributed by atoms with van der Waals surface area (Å²) in [6.45, 7) is 17.3. The minimum absolute atomic E-state index is 0.0112. The second kappa shape index (κ2) is 48.3. The number of fused-ring (bicyclic) bond motifs is 1. The van der Waals surface area contributed by atoms with Crippen LogP contribution in [0.4, 0.5) is 0 Å². The molecule has 2 heterocycles. The lowest BCUT2D eigenvalue weighted by Crippen LogP contribution is -2.65. The number of esters is 1. The molecule has 0 radical (unpaired) electrons. The standard InChI is InChI=1S/C73H128N16O23/c1-15-20-36(6)38(8)57(95)41(11)62(99)80-44(21-18-28-74)63(100)79-43(24-26-51(76)91)58(96)59(97)70(107)85-54(39(9)40(10)61(78)98)67(104)87-56-60(37(7)35(4)5)112-73(110)50-23-16-17-30-89(50)72(109)47(32-53(93)94)83-68(105)55(42(12)111-14)86-66(103)49(25-27-52(77)92)88(13)71(108)46(31-34(2)3)82-64(101)45(22-19-29-75)81-65(102)48(33-90)84-69(56)106/h34-50,54-60,90,95-97H,15-33,74-75H2,1-14H3,(H2,76,91)(H2,77,92)(H2,78,98)(H,79,100)(H,80,99)(H,81,102)(H,82,101)(H,83,105)(H,84,106)(H,85,107)(H,86,103)(H,87,104)(H,93,94)/t36-,37-,38-,39+,40-,41-,42-,43+,44-,45-,46+,47-,48-,49+,50+,54+,55+,56-,57-,58-,59-,60-/m1/s1. The number of nitrogens with two attached hydrogens (primary N) is 5. The second-order valence-electron chi connectivity index (χ2n) is 30.5. The quantitative estimate of drug-likeness (QED) is 0.0256. The zero-order chi connectivity index (χ0) is 85.5. The zero-order valence-electron chi connectivity index (χ0n) is 67.2. The van der Waals surface area contributed by atoms with Gasteiger partial charge in [0.2, 0.25) is 76.8 Å². The number of nitrogens with zero attached hydrogens (tertiary/aromatic N) is 2. The number of amides is 14. The van der Waals surface area contributed by atoms with E-state index in [0.717, 1.165) is 36.8 Å². The number of rotatable bonds is 39. The van der Waals surface area contributed by atoms with Crippen LogP contribution in [0.2, 0.25) is 0 Å². The topological polar surface area (TPSA) is 638 Å². The van der Waals surface area contributed by atoms with E-state index >= 15 is 19.2 Å². The van der Waals surface area contributed by atoms with E-state index in [2.05, 4.69) is 47.9 Å². The van der Waals surface area contributed by atoms with Crippen molar-refractivity contribution in [3.05, 3.63) is 0 Å². The Morgan fingerprint density at radius 3 is 1.76 bits per heavy atom. The third-order valence-electron chi connectivity index (χ3n) is 21.3. The number of hydrogen-bond acceptors (Lipinski definition) is 24. The molecule has 22 atom stereocenters. The summed E-state index contributed by atoms with van der Waals surface area (Å²) in [5.41, 5.74) is 28.5. The molecule has 2 rings (SSSR count). The zero-order valence-corrected chi connectivity index (χ0v) is 67.2. The maximum atomic E-state index is 15.5. The maximum absolute atomic E-state index is 15.5. The molecule has 0 aliphatic carbocycles. The van der Waals surface area contributed by atoms with Crippen LogP contribution in [0.3, 0.4) is 0 Å². The molecular formula is C73H128N16O23. The van der Waals surface area contributed by atoms with Crippen LogP contribution in [0.15, 0.2) is 0 Å². The maximum Gasteiger partial charge on any atom is 0.329 e. The number of aliphatic hydroxyl groups excluding tert-OH is 4. The van der Waals surface area contributed by atoms with E-state index in [0.29, 0.717) is 0 Å². The molecule has 638 valence electrons. The molecular weight excluding hydrogens is 1470 g/mol. The Balaban J connectivity index is 3.12. The number of carboxylic acids is 1. The molecule has 2 aliphatic rings. The van der Waals surface area contributed by atoms with Crippen LogP contribution in [-0.2, 0) is 86.2 Å². The Kier molecular flexibility index (Phi) is 42.9. The fourth-order valence-electron chi connectivity index (χ4n) is 13.2. The van der Waals surface area contributed by atoms with E-state index in [9.17, 15) is 83.1 Å². The van der Waals surface area contributed by atoms with Crippen molar-refractivity contribution in [2.75, 3.05) is 40.4 Å². The van der Waals surface area contributed by atoms with E-state index in [4.69, 9.17) is 38.1 Å². The Hall–Kier alpha value is -8.76. The van der Waals surface area contributed by atoms with E-state index < -0.39 is 266 Å². The van der Waals surface area contributed by atoms with Crippen LogP contribution >= 0.6 is 0 Å². The van der Waals surface area contributed by atoms with Gasteiger partial charge in [0, 0.05) is 39.5 Å². The monoisotopic (exact) mass is 1600 g/mol. The average molecular weight is 1600 g/mol. The lowest BCUT2D eigenvalue weighted by atomic mass is 9.82. The molecule has 0 aromatic heterocycles. The molecule has 39 nitrogen and oxygen atoms in total. The molecule has 112 heavy (non-hydrogen) atoms. The van der Waals surface area contributed by atoms with Crippen molar-refractivity contribution in [3.8, 4) is 0 Å². The number of likely N-dealkylation sites (N-methyl/N-ethyl adjacent to an activating group) is 1. The second-order valence-corrected chi connectivity index (χ2v) is 30.5. The smallest absolute Gasteiger partial charge is 0.329 e. The van der Waals surface area contributed by atoms with Crippen LogP contribution in [0.5, 0.6) is 0 Å². The molecule has 2 saturated heterocycles. The Morgan fingerprint density at radius 1 is 0.625 bits per heavy atom. The Bertz CT molecular complexity index is 3200. The number of primary amides is 3. The van der Waals surface area contributed by atoms with Gasteiger partial charge in [-0.3, -0.25) is 71.9 Å². The SMILES string of the molecule is CCC[C@@H](C)[C@@H](C)[C@@H](O)[C@@H](C)C(=O)N[C@H](CCCN)C(=O)N[C@@H](CCC(N)=O)[C@@H](O)[C@@H](O)C(=O)N[C@H](C(=O)N[C@H]1C(=O)N[C@H](CO)C(=O)N[C@H](CCCN)C(=O)N[C@@H](CC(C)C)C(=O)N(C)[C@@H](CCC(N)=O)C(=O)N[C@@H]([C@@H](C)OC)C(=O)N[C@H](CC(=O)O)C(=O)N2CCCC[C@H]2C(=O)O[C@@H]1[C@H](C)C(C)C)[C@@H](C)[C@@H](C)C(N)=O. The number of nitrogens with one attached hydrogen (secondary N) is 9. The summed E-state index contributed by atoms with van der Waals surface area (Å²) in [7, 11) is 2.31. The number of cyclic esters (lactones) is 1. The van der Waals surface area contributed by atoms with Crippen molar-refractivity contribution in [2.24, 2.45) is 76.0 Å². The van der Waals surface area contributed by atoms with Gasteiger partial charge >= 0.3 is 11.9 Å². The minimum atomic E-state index is -2.69. The van der Waals surface area contributed by atoms with Gasteiger partial charge in [0.1, 0.15) is 72.6 Å². The molecule has 0 aromatic carbocycles. The van der Waals surface area contributed by atoms with Crippen LogP contribution in [-0.4, -0.2) is 267 Å². The van der Waals surface area contributed by atoms with Gasteiger partial charge in [0.25, 0.3) is 5.91 Å². The molecule has 2 fully saturated rings. The number of hydrogen-bond donors (Lipinski definition) is 19. The highest BCUT2D eigenvalue weighted by Gasteiger charge is 2.48. The van der Waals surface area contributed by atoms with Crippen molar-refractivity contribution >= 4 is 94.6 Å². The highest BCUT2D eigenvalue weighted by atomic mass is 16.5. The summed E-state index contributed by atoms with van der Waals surface area (Å²) in [4.78, 5) is 229. The first-order chi connectivity index (χ1) is 52.4. The number of aliphatic hydroxyl groups is 4. The highest BCUT2D eigenvalue weighted by Crippen LogP contribution is 2.29. The summed E-state index contributed by atoms with van der Waals surface area (Å²) in [6.07, 6.45) is -11.4. The Morgan fingerprint density at radius 2 is 1.21 bits per heavy atom. The summed E-state index contributed by atoms with van der Waals surface area (Å²) in [5, 5.41) is 78.3. The van der Waals surface area contributed by atoms with Gasteiger partial charge in [-0.15, -0.1) is 0 Å². The molecule has 0 unspecified atom stereocenters. The van der Waals surface area contributed by atoms with Crippen LogP contribution in [0, 0.1) is 47.3 Å². The number of carbonyl (C=O) groups is 16. The molecule has 0 aromatic rings. The third kappa shape index (κ3) is 30.3. The molecule has 0 bridgehead atoms. The first-order valence-corrected chi connectivity index (χ1v) is 38.5. The summed E-state index contributed by atoms with van der Waals surface area (Å²) in [5.74, 6) is -25.4. The van der Waals surface area contributed by atoms with Crippen molar-refractivity contribution in [1.29, 1.82) is 0 Å². The third-order valence-corrected chi connectivity index (χ3v) is 21.3. The summed E-state index contributed by atoms with van der Waals surface area (Å²) < 4.78 is 11.7. The fourth-order valence-corrected chi connectivity index (χ4v) is 13.2. The van der Waals surface area contributed by atoms with E-state index in [1.54, 1.807) is 34.6 Å². The first-order valence-electron chi connectivity index (χ1n) is 38.5. The van der Waals surface area contributed by atoms with Gasteiger partial charge in [-0.25, -0.2) is 4.79 Å². The van der Waals surface area contributed by atoms with Gasteiger partial charge in [0.05, 0.1) is 37.2 Å². The van der Waals surface area contributed by atoms with E-state index in [-0.39, 0.29) is 82.8 Å². The number of ether oxygens (including phenoxy) is 2. The molecule has 0 saturated carbocycles. The van der Waals surface area contributed by atoms with Crippen LogP contribution < -0.4 is 76.5 Å². The van der Waals surface area contributed by atoms with E-state index in [1.807, 2.05) is 13.8 Å². The van der Waals surface area contributed by atoms with Gasteiger partial charge < -0.3 is 121 Å². The molecule has 24 N–H and O–H groups in total. The molecule has 39 heteroatoms. The predicted octanol–water partition coefficient (Wildman–Crippen LogP) is -5.12. The van der Waals surface area contributed by atoms with Crippen molar-refractivity contribution < 1.29 is 112 Å². The predicted molar refractivity (Wildman–Crippen MR) is 404 cm³/mol. The summed E-state index contributed by atoms with van der Waals surface area (Å²) in [6, 6.07) is -20.1. The molecule has 2 aliphatic heterocycles. The van der Waals surface area contributed by atoms with Crippen molar-refractivity contribution in [3.63, 3.8) is 0 Å². The lowest BCUT2D eigenvalue weighted by Gasteiger charge is -2.39. The first kappa shape index (κ1) is 99.3. The number of methoxy groups -OCH3 is 1. The Labute approximate surface area is 654 Å². The largest absolute Gasteiger partial charge is 0.481 e. The van der Waals surface area contributed by atoms with Crippen molar-refractivity contribution in [2.45, 2.75) is 276 Å². The van der Waals surface area contributed by atoms with Gasteiger partial charge in [0.15, 0.2) is 6.10 Å².